The van der Waals surface area contributed by atoms with Gasteiger partial charge in [-0.05, 0) is 37.5 Å². The van der Waals surface area contributed by atoms with Gasteiger partial charge in [-0.15, -0.1) is 0 Å². The van der Waals surface area contributed by atoms with E-state index in [-0.39, 0.29) is 24.5 Å². The average Bonchev–Trinajstić information content (AvgIpc) is 2.81. The largest absolute Gasteiger partial charge is 0.460 e. The van der Waals surface area contributed by atoms with Crippen LogP contribution in [-0.4, -0.2) is 54.6 Å². The normalized spacial score (nSPS) is 18.0. The Kier molecular flexibility index (Phi) is 9.81. The number of esters is 1. The molecule has 0 bridgehead atoms. The van der Waals surface area contributed by atoms with Crippen molar-refractivity contribution in [3.05, 3.63) is 41.1 Å². The molecular weight excluding hydrogens is 438 g/mol. The summed E-state index contributed by atoms with van der Waals surface area (Å²) in [6, 6.07) is 7.48. The minimum atomic E-state index is -0.377. The molecule has 0 spiro atoms. The second-order valence-electron chi connectivity index (χ2n) is 8.30. The lowest BCUT2D eigenvalue weighted by atomic mass is 9.94. The zero-order chi connectivity index (χ0) is 23.6. The highest BCUT2D eigenvalue weighted by molar-refractivity contribution is 8.13. The van der Waals surface area contributed by atoms with Gasteiger partial charge in [-0.25, -0.2) is 9.79 Å². The van der Waals surface area contributed by atoms with E-state index in [0.29, 0.717) is 24.3 Å². The third-order valence-electron chi connectivity index (χ3n) is 5.74. The number of hydrogen-bond acceptors (Lipinski definition) is 7. The van der Waals surface area contributed by atoms with Gasteiger partial charge in [0.05, 0.1) is 23.9 Å². The Bertz CT molecular complexity index is 899. The lowest BCUT2D eigenvalue weighted by molar-refractivity contribution is -0.141. The number of aliphatic imine (C=N–C) groups is 1. The van der Waals surface area contributed by atoms with Crippen LogP contribution < -0.4 is 5.32 Å². The smallest absolute Gasteiger partial charge is 0.338 e. The summed E-state index contributed by atoms with van der Waals surface area (Å²) < 4.78 is 10.5. The zero-order valence-corrected chi connectivity index (χ0v) is 20.7. The van der Waals surface area contributed by atoms with Crippen molar-refractivity contribution in [2.75, 3.05) is 37.9 Å². The molecule has 2 heterocycles. The molecule has 7 nitrogen and oxygen atoms in total. The number of ether oxygens (including phenoxy) is 2. The van der Waals surface area contributed by atoms with Gasteiger partial charge in [-0.1, -0.05) is 50.1 Å². The van der Waals surface area contributed by atoms with Crippen LogP contribution >= 0.6 is 11.8 Å². The van der Waals surface area contributed by atoms with Crippen LogP contribution in [0.15, 0.2) is 40.5 Å². The minimum absolute atomic E-state index is 0.0219. The molecule has 0 saturated carbocycles. The lowest BCUT2D eigenvalue weighted by Gasteiger charge is -2.40. The van der Waals surface area contributed by atoms with Gasteiger partial charge in [0.1, 0.15) is 6.61 Å². The number of anilines is 1. The van der Waals surface area contributed by atoms with Gasteiger partial charge in [0.2, 0.25) is 5.91 Å². The molecule has 0 aliphatic carbocycles. The summed E-state index contributed by atoms with van der Waals surface area (Å²) >= 11 is 1.71. The molecule has 1 aromatic carbocycles. The summed E-state index contributed by atoms with van der Waals surface area (Å²) in [5, 5.41) is 3.96. The minimum Gasteiger partial charge on any atom is -0.460 e. The molecule has 8 heteroatoms. The van der Waals surface area contributed by atoms with E-state index in [4.69, 9.17) is 14.5 Å². The first-order valence-corrected chi connectivity index (χ1v) is 12.8. The molecule has 0 aromatic heterocycles. The second-order valence-corrected chi connectivity index (χ2v) is 9.37. The first-order chi connectivity index (χ1) is 16.0. The third-order valence-corrected chi connectivity index (χ3v) is 6.82. The van der Waals surface area contributed by atoms with E-state index in [1.807, 2.05) is 31.2 Å². The van der Waals surface area contributed by atoms with Gasteiger partial charge in [0.15, 0.2) is 5.17 Å². The molecule has 180 valence electrons. The number of carbonyl (C=O) groups excluding carboxylic acids is 2. The summed E-state index contributed by atoms with van der Waals surface area (Å²) in [5.41, 5.74) is 2.90. The number of rotatable bonds is 11. The maximum atomic E-state index is 13.1. The van der Waals surface area contributed by atoms with E-state index in [0.717, 1.165) is 60.8 Å². The van der Waals surface area contributed by atoms with E-state index in [2.05, 4.69) is 17.1 Å². The monoisotopic (exact) mass is 473 g/mol. The number of benzene rings is 1. The predicted molar refractivity (Wildman–Crippen MR) is 133 cm³/mol. The standard InChI is InChI=1S/C25H35N3O4S/c1-4-5-6-7-12-21(29)27-20-11-8-10-19(17-20)23-22(24(30)32-15-14-31-3)18(2)26-25-28(23)13-9-16-33-25/h8,10-11,17,23H,4-7,9,12-16H2,1-3H3,(H,27,29). The average molecular weight is 474 g/mol. The number of nitrogens with one attached hydrogen (secondary N) is 1. The number of amides is 1. The third kappa shape index (κ3) is 6.84. The molecule has 33 heavy (non-hydrogen) atoms. The fourth-order valence-corrected chi connectivity index (χ4v) is 5.11. The van der Waals surface area contributed by atoms with Crippen LogP contribution in [0.1, 0.15) is 64.0 Å². The van der Waals surface area contributed by atoms with Crippen molar-refractivity contribution in [3.8, 4) is 0 Å². The van der Waals surface area contributed by atoms with E-state index < -0.39 is 0 Å². The highest BCUT2D eigenvalue weighted by Gasteiger charge is 2.38. The molecule has 2 aliphatic rings. The number of carbonyl (C=O) groups is 2. The summed E-state index contributed by atoms with van der Waals surface area (Å²) in [5.74, 6) is 0.656. The van der Waals surface area contributed by atoms with Gasteiger partial charge >= 0.3 is 5.97 Å². The number of amidine groups is 1. The topological polar surface area (TPSA) is 80.2 Å². The van der Waals surface area contributed by atoms with Gasteiger partial charge in [-0.3, -0.25) is 4.79 Å². The van der Waals surface area contributed by atoms with E-state index >= 15 is 0 Å². The molecule has 3 rings (SSSR count). The molecular formula is C25H35N3O4S. The van der Waals surface area contributed by atoms with Gasteiger partial charge in [0, 0.05) is 31.5 Å². The van der Waals surface area contributed by atoms with Crippen molar-refractivity contribution in [2.45, 2.75) is 58.4 Å². The summed E-state index contributed by atoms with van der Waals surface area (Å²) in [4.78, 5) is 32.4. The molecule has 1 fully saturated rings. The van der Waals surface area contributed by atoms with E-state index in [9.17, 15) is 9.59 Å². The van der Waals surface area contributed by atoms with Crippen LogP contribution in [-0.2, 0) is 19.1 Å². The van der Waals surface area contributed by atoms with Crippen molar-refractivity contribution in [2.24, 2.45) is 4.99 Å². The number of nitrogens with zero attached hydrogens (tertiary/aromatic N) is 2. The summed E-state index contributed by atoms with van der Waals surface area (Å²) in [6.45, 7) is 5.37. The number of methoxy groups -OCH3 is 1. The van der Waals surface area contributed by atoms with E-state index in [1.54, 1.807) is 18.9 Å². The molecule has 1 atom stereocenters. The first-order valence-electron chi connectivity index (χ1n) is 11.8. The lowest BCUT2D eigenvalue weighted by Crippen LogP contribution is -2.42. The fraction of sp³-hybridized carbons (Fsp3) is 0.560. The van der Waals surface area contributed by atoms with Crippen molar-refractivity contribution in [1.29, 1.82) is 0 Å². The quantitative estimate of drug-likeness (QED) is 0.363. The molecule has 1 unspecified atom stereocenters. The van der Waals surface area contributed by atoms with Gasteiger partial charge in [0.25, 0.3) is 0 Å². The first kappa shape index (κ1) is 25.3. The Balaban J connectivity index is 1.83. The fourth-order valence-electron chi connectivity index (χ4n) is 4.09. The molecule has 1 saturated heterocycles. The van der Waals surface area contributed by atoms with Crippen molar-refractivity contribution in [3.63, 3.8) is 0 Å². The van der Waals surface area contributed by atoms with Crippen molar-refractivity contribution < 1.29 is 19.1 Å². The van der Waals surface area contributed by atoms with Crippen molar-refractivity contribution in [1.82, 2.24) is 4.90 Å². The van der Waals surface area contributed by atoms with Crippen LogP contribution in [0.25, 0.3) is 0 Å². The molecule has 0 radical (unpaired) electrons. The zero-order valence-electron chi connectivity index (χ0n) is 19.9. The number of unbranched alkanes of at least 4 members (excludes halogenated alkanes) is 3. The summed E-state index contributed by atoms with van der Waals surface area (Å²) in [7, 11) is 1.58. The summed E-state index contributed by atoms with van der Waals surface area (Å²) in [6.07, 6.45) is 5.79. The van der Waals surface area contributed by atoms with Gasteiger partial charge < -0.3 is 19.7 Å². The molecule has 1 N–H and O–H groups in total. The van der Waals surface area contributed by atoms with Crippen molar-refractivity contribution >= 4 is 34.5 Å². The van der Waals surface area contributed by atoms with Crippen LogP contribution in [0, 0.1) is 0 Å². The number of thioether (sulfide) groups is 1. The molecule has 1 aromatic rings. The highest BCUT2D eigenvalue weighted by atomic mass is 32.2. The number of allylic oxidation sites excluding steroid dienone is 1. The SMILES string of the molecule is CCCCCCC(=O)Nc1cccc(C2C(C(=O)OCCOC)=C(C)N=C3SCCCN32)c1. The van der Waals surface area contributed by atoms with E-state index in [1.165, 1.54) is 0 Å². The Labute approximate surface area is 201 Å². The molecule has 1 amide bonds. The maximum absolute atomic E-state index is 13.1. The van der Waals surface area contributed by atoms with Crippen LogP contribution in [0.2, 0.25) is 0 Å². The Morgan fingerprint density at radius 3 is 2.88 bits per heavy atom. The number of fused-ring (bicyclic) bond motifs is 1. The maximum Gasteiger partial charge on any atom is 0.338 e. The van der Waals surface area contributed by atoms with Crippen LogP contribution in [0.3, 0.4) is 0 Å². The number of hydrogen-bond donors (Lipinski definition) is 1. The predicted octanol–water partition coefficient (Wildman–Crippen LogP) is 4.91. The Morgan fingerprint density at radius 2 is 2.09 bits per heavy atom. The van der Waals surface area contributed by atoms with Gasteiger partial charge in [-0.2, -0.15) is 0 Å². The second kappa shape index (κ2) is 12.8. The van der Waals surface area contributed by atoms with Crippen LogP contribution in [0.5, 0.6) is 0 Å². The molecule has 2 aliphatic heterocycles. The Morgan fingerprint density at radius 1 is 1.24 bits per heavy atom. The highest BCUT2D eigenvalue weighted by Crippen LogP contribution is 2.40. The Hall–Kier alpha value is -2.32. The van der Waals surface area contributed by atoms with Crippen LogP contribution in [0.4, 0.5) is 5.69 Å².